The summed E-state index contributed by atoms with van der Waals surface area (Å²) in [7, 11) is 0. The number of carbonyl (C=O) groups is 3. The standard InChI is InChI=1S/C20H18Br2N4O5/c21-13-9-12(17(27)15(22)10-13)11-23-25-19(29)18(28)24-16-4-2-1-3-14(16)20(30)26-5-7-31-8-6-26/h1-4,9-11,27H,5-8H2,(H,24,28)(H,25,29)/b23-11-. The summed E-state index contributed by atoms with van der Waals surface area (Å²) in [5.74, 6) is -2.34. The largest absolute Gasteiger partial charge is 0.506 e. The van der Waals surface area contributed by atoms with Crippen LogP contribution < -0.4 is 10.7 Å². The maximum absolute atomic E-state index is 12.8. The van der Waals surface area contributed by atoms with Crippen LogP contribution in [0, 0.1) is 0 Å². The highest BCUT2D eigenvalue weighted by atomic mass is 79.9. The Morgan fingerprint density at radius 3 is 2.55 bits per heavy atom. The lowest BCUT2D eigenvalue weighted by Gasteiger charge is -2.27. The molecule has 1 aliphatic rings. The molecule has 31 heavy (non-hydrogen) atoms. The van der Waals surface area contributed by atoms with Crippen LogP contribution in [0.5, 0.6) is 5.75 Å². The topological polar surface area (TPSA) is 120 Å². The van der Waals surface area contributed by atoms with E-state index in [2.05, 4.69) is 47.7 Å². The molecule has 3 N–H and O–H groups in total. The first kappa shape index (κ1) is 22.9. The lowest BCUT2D eigenvalue weighted by atomic mass is 10.1. The number of para-hydroxylation sites is 1. The van der Waals surface area contributed by atoms with Crippen LogP contribution in [0.3, 0.4) is 0 Å². The number of hydrazone groups is 1. The number of anilines is 1. The predicted molar refractivity (Wildman–Crippen MR) is 121 cm³/mol. The fourth-order valence-electron chi connectivity index (χ4n) is 2.79. The van der Waals surface area contributed by atoms with E-state index in [0.717, 1.165) is 0 Å². The van der Waals surface area contributed by atoms with Crippen molar-refractivity contribution in [2.75, 3.05) is 31.6 Å². The number of hydrogen-bond acceptors (Lipinski definition) is 6. The van der Waals surface area contributed by atoms with Crippen molar-refractivity contribution in [3.63, 3.8) is 0 Å². The number of morpholine rings is 1. The number of aromatic hydroxyl groups is 1. The fraction of sp³-hybridized carbons (Fsp3) is 0.200. The van der Waals surface area contributed by atoms with Crippen LogP contribution in [0.25, 0.3) is 0 Å². The highest BCUT2D eigenvalue weighted by Gasteiger charge is 2.23. The van der Waals surface area contributed by atoms with Gasteiger partial charge in [-0.25, -0.2) is 5.43 Å². The maximum atomic E-state index is 12.8. The molecule has 0 saturated carbocycles. The van der Waals surface area contributed by atoms with Crippen molar-refractivity contribution >= 4 is 61.5 Å². The summed E-state index contributed by atoms with van der Waals surface area (Å²) in [5, 5.41) is 16.1. The second-order valence-corrected chi connectivity index (χ2v) is 8.20. The van der Waals surface area contributed by atoms with E-state index in [1.54, 1.807) is 41.3 Å². The third-order valence-corrected chi connectivity index (χ3v) is 5.40. The Balaban J connectivity index is 1.65. The van der Waals surface area contributed by atoms with Crippen LogP contribution >= 0.6 is 31.9 Å². The van der Waals surface area contributed by atoms with Crippen LogP contribution in [0.15, 0.2) is 50.4 Å². The minimum Gasteiger partial charge on any atom is -0.506 e. The summed E-state index contributed by atoms with van der Waals surface area (Å²) >= 11 is 6.48. The number of hydrogen-bond donors (Lipinski definition) is 3. The first-order valence-electron chi connectivity index (χ1n) is 9.15. The van der Waals surface area contributed by atoms with Crippen molar-refractivity contribution in [3.05, 3.63) is 56.5 Å². The van der Waals surface area contributed by atoms with Crippen molar-refractivity contribution < 1.29 is 24.2 Å². The molecule has 0 spiro atoms. The van der Waals surface area contributed by atoms with Gasteiger partial charge in [0.1, 0.15) is 5.75 Å². The zero-order valence-corrected chi connectivity index (χ0v) is 19.3. The van der Waals surface area contributed by atoms with Crippen molar-refractivity contribution in [2.24, 2.45) is 5.10 Å². The molecule has 1 saturated heterocycles. The molecule has 1 heterocycles. The van der Waals surface area contributed by atoms with Gasteiger partial charge in [-0.3, -0.25) is 14.4 Å². The number of ether oxygens (including phenoxy) is 1. The van der Waals surface area contributed by atoms with Gasteiger partial charge in [-0.05, 0) is 40.2 Å². The summed E-state index contributed by atoms with van der Waals surface area (Å²) in [6.07, 6.45) is 1.20. The van der Waals surface area contributed by atoms with Crippen LogP contribution in [0.4, 0.5) is 5.69 Å². The molecule has 162 valence electrons. The van der Waals surface area contributed by atoms with Crippen molar-refractivity contribution in [1.82, 2.24) is 10.3 Å². The number of carbonyl (C=O) groups excluding carboxylic acids is 3. The average Bonchev–Trinajstić information content (AvgIpc) is 2.77. The molecule has 0 radical (unpaired) electrons. The maximum Gasteiger partial charge on any atom is 0.329 e. The quantitative estimate of drug-likeness (QED) is 0.305. The number of halogens is 2. The monoisotopic (exact) mass is 552 g/mol. The SMILES string of the molecule is O=C(N/N=C\c1cc(Br)cc(Br)c1O)C(=O)Nc1ccccc1C(=O)N1CCOCC1. The molecule has 9 nitrogen and oxygen atoms in total. The Bertz CT molecular complexity index is 1040. The molecule has 2 aromatic rings. The number of amides is 3. The molecule has 1 fully saturated rings. The highest BCUT2D eigenvalue weighted by molar-refractivity contribution is 9.11. The van der Waals surface area contributed by atoms with Crippen LogP contribution in [-0.4, -0.2) is 60.2 Å². The van der Waals surface area contributed by atoms with E-state index < -0.39 is 11.8 Å². The molecule has 2 aromatic carbocycles. The van der Waals surface area contributed by atoms with Gasteiger partial charge < -0.3 is 20.1 Å². The second-order valence-electron chi connectivity index (χ2n) is 6.43. The third kappa shape index (κ3) is 5.90. The van der Waals surface area contributed by atoms with E-state index in [1.165, 1.54) is 6.21 Å². The Morgan fingerprint density at radius 1 is 1.10 bits per heavy atom. The van der Waals surface area contributed by atoms with E-state index in [0.29, 0.717) is 40.8 Å². The number of phenolic OH excluding ortho intramolecular Hbond substituents is 1. The number of rotatable bonds is 4. The van der Waals surface area contributed by atoms with Crippen molar-refractivity contribution in [1.29, 1.82) is 0 Å². The molecule has 0 bridgehead atoms. The smallest absolute Gasteiger partial charge is 0.329 e. The van der Waals surface area contributed by atoms with Gasteiger partial charge in [-0.1, -0.05) is 28.1 Å². The Labute approximate surface area is 194 Å². The van der Waals surface area contributed by atoms with E-state index in [1.807, 2.05) is 0 Å². The predicted octanol–water partition coefficient (Wildman–Crippen LogP) is 2.48. The molecule has 0 unspecified atom stereocenters. The second kappa shape index (κ2) is 10.5. The molecule has 0 aliphatic carbocycles. The Kier molecular flexibility index (Phi) is 7.77. The first-order chi connectivity index (χ1) is 14.9. The van der Waals surface area contributed by atoms with Gasteiger partial charge in [-0.2, -0.15) is 5.10 Å². The van der Waals surface area contributed by atoms with E-state index >= 15 is 0 Å². The minimum absolute atomic E-state index is 0.0683. The average molecular weight is 554 g/mol. The molecular formula is C20H18Br2N4O5. The van der Waals surface area contributed by atoms with E-state index in [9.17, 15) is 19.5 Å². The number of nitrogens with zero attached hydrogens (tertiary/aromatic N) is 2. The summed E-state index contributed by atoms with van der Waals surface area (Å²) in [4.78, 5) is 38.8. The molecule has 3 rings (SSSR count). The summed E-state index contributed by atoms with van der Waals surface area (Å²) in [5.41, 5.74) is 2.91. The fourth-order valence-corrected chi connectivity index (χ4v) is 4.05. The molecule has 3 amide bonds. The molecule has 0 aromatic heterocycles. The highest BCUT2D eigenvalue weighted by Crippen LogP contribution is 2.30. The molecular weight excluding hydrogens is 536 g/mol. The number of nitrogens with one attached hydrogen (secondary N) is 2. The van der Waals surface area contributed by atoms with Gasteiger partial charge in [0.05, 0.1) is 35.2 Å². The minimum atomic E-state index is -1.03. The summed E-state index contributed by atoms with van der Waals surface area (Å²) in [6.45, 7) is 1.80. The molecule has 11 heteroatoms. The third-order valence-electron chi connectivity index (χ3n) is 4.34. The summed E-state index contributed by atoms with van der Waals surface area (Å²) < 4.78 is 6.37. The number of benzene rings is 2. The first-order valence-corrected chi connectivity index (χ1v) is 10.7. The van der Waals surface area contributed by atoms with Crippen molar-refractivity contribution in [3.8, 4) is 5.75 Å². The van der Waals surface area contributed by atoms with E-state index in [-0.39, 0.29) is 22.9 Å². The lowest BCUT2D eigenvalue weighted by molar-refractivity contribution is -0.136. The zero-order chi connectivity index (χ0) is 22.4. The Morgan fingerprint density at radius 2 is 1.81 bits per heavy atom. The van der Waals surface area contributed by atoms with Gasteiger partial charge in [-0.15, -0.1) is 0 Å². The van der Waals surface area contributed by atoms with Gasteiger partial charge in [0.15, 0.2) is 0 Å². The zero-order valence-electron chi connectivity index (χ0n) is 16.1. The van der Waals surface area contributed by atoms with Crippen LogP contribution in [-0.2, 0) is 14.3 Å². The van der Waals surface area contributed by atoms with Gasteiger partial charge >= 0.3 is 11.8 Å². The molecule has 0 atom stereocenters. The molecule has 1 aliphatic heterocycles. The van der Waals surface area contributed by atoms with Gasteiger partial charge in [0.2, 0.25) is 0 Å². The summed E-state index contributed by atoms with van der Waals surface area (Å²) in [6, 6.07) is 9.68. The lowest BCUT2D eigenvalue weighted by Crippen LogP contribution is -2.41. The Hall–Kier alpha value is -2.76. The normalized spacial score (nSPS) is 13.8. The van der Waals surface area contributed by atoms with Crippen LogP contribution in [0.1, 0.15) is 15.9 Å². The van der Waals surface area contributed by atoms with Crippen LogP contribution in [0.2, 0.25) is 0 Å². The van der Waals surface area contributed by atoms with Crippen molar-refractivity contribution in [2.45, 2.75) is 0 Å². The number of phenols is 1. The van der Waals surface area contributed by atoms with Gasteiger partial charge in [0.25, 0.3) is 5.91 Å². The van der Waals surface area contributed by atoms with E-state index in [4.69, 9.17) is 4.74 Å². The van der Waals surface area contributed by atoms with Gasteiger partial charge in [0, 0.05) is 23.1 Å².